The van der Waals surface area contributed by atoms with E-state index >= 15 is 0 Å². The fourth-order valence-corrected chi connectivity index (χ4v) is 3.10. The van der Waals surface area contributed by atoms with Crippen LogP contribution in [0.3, 0.4) is 0 Å². The van der Waals surface area contributed by atoms with E-state index in [1.165, 1.54) is 12.8 Å². The molecule has 2 nitrogen and oxygen atoms in total. The van der Waals surface area contributed by atoms with Gasteiger partial charge in [0.15, 0.2) is 5.78 Å². The van der Waals surface area contributed by atoms with Gasteiger partial charge in [-0.15, -0.1) is 11.3 Å². The van der Waals surface area contributed by atoms with Crippen LogP contribution < -0.4 is 0 Å². The van der Waals surface area contributed by atoms with Crippen molar-refractivity contribution in [3.63, 3.8) is 0 Å². The van der Waals surface area contributed by atoms with Crippen LogP contribution in [0.15, 0.2) is 17.5 Å². The number of Topliss-reactive ketones (excluding diaryl/α,β-unsaturated/α-hetero) is 1. The predicted octanol–water partition coefficient (Wildman–Crippen LogP) is 3.20. The van der Waals surface area contributed by atoms with Crippen molar-refractivity contribution in [2.24, 2.45) is 0 Å². The summed E-state index contributed by atoms with van der Waals surface area (Å²) in [5, 5.41) is 1.99. The molecule has 16 heavy (non-hydrogen) atoms. The van der Waals surface area contributed by atoms with E-state index in [0.29, 0.717) is 5.78 Å². The second-order valence-corrected chi connectivity index (χ2v) is 5.34. The Morgan fingerprint density at radius 3 is 2.81 bits per heavy atom. The molecule has 0 N–H and O–H groups in total. The van der Waals surface area contributed by atoms with Gasteiger partial charge >= 0.3 is 0 Å². The number of ketones is 1. The fourth-order valence-electron chi connectivity index (χ4n) is 2.39. The van der Waals surface area contributed by atoms with Crippen LogP contribution >= 0.6 is 11.3 Å². The molecule has 3 heteroatoms. The minimum atomic E-state index is 0.131. The number of thiophene rings is 1. The highest BCUT2D eigenvalue weighted by molar-refractivity contribution is 7.12. The molecule has 0 aromatic carbocycles. The number of hydrogen-bond acceptors (Lipinski definition) is 3. The average molecular weight is 237 g/mol. The summed E-state index contributed by atoms with van der Waals surface area (Å²) < 4.78 is 0. The van der Waals surface area contributed by atoms with Crippen LogP contribution in [0.5, 0.6) is 0 Å². The molecule has 1 fully saturated rings. The highest BCUT2D eigenvalue weighted by atomic mass is 32.1. The molecule has 0 saturated carbocycles. The largest absolute Gasteiger partial charge is 0.293 e. The number of hydrogen-bond donors (Lipinski definition) is 0. The summed E-state index contributed by atoms with van der Waals surface area (Å²) in [6, 6.07) is 4.04. The Morgan fingerprint density at radius 2 is 2.25 bits per heavy atom. The molecule has 0 radical (unpaired) electrons. The molecular formula is C13H19NOS. The predicted molar refractivity (Wildman–Crippen MR) is 68.2 cm³/mol. The van der Waals surface area contributed by atoms with E-state index in [1.54, 1.807) is 11.3 Å². The van der Waals surface area contributed by atoms with E-state index in [-0.39, 0.29) is 6.04 Å². The topological polar surface area (TPSA) is 20.3 Å². The molecule has 0 aliphatic carbocycles. The SMILES string of the molecule is CCC[C@H](C(=O)c1cccs1)N1CCCC1. The molecule has 0 spiro atoms. The van der Waals surface area contributed by atoms with Crippen molar-refractivity contribution in [3.05, 3.63) is 22.4 Å². The Hall–Kier alpha value is -0.670. The number of rotatable bonds is 5. The van der Waals surface area contributed by atoms with Crippen molar-refractivity contribution in [2.45, 2.75) is 38.6 Å². The summed E-state index contributed by atoms with van der Waals surface area (Å²) in [5.41, 5.74) is 0. The zero-order valence-electron chi connectivity index (χ0n) is 9.82. The maximum atomic E-state index is 12.4. The van der Waals surface area contributed by atoms with Crippen LogP contribution in [-0.4, -0.2) is 29.8 Å². The molecule has 1 aromatic heterocycles. The lowest BCUT2D eigenvalue weighted by Crippen LogP contribution is -2.38. The van der Waals surface area contributed by atoms with Gasteiger partial charge in [0.25, 0.3) is 0 Å². The van der Waals surface area contributed by atoms with Crippen LogP contribution in [0, 0.1) is 0 Å². The Labute approximate surface area is 101 Å². The van der Waals surface area contributed by atoms with Gasteiger partial charge in [0.1, 0.15) is 0 Å². The first kappa shape index (κ1) is 11.8. The zero-order valence-corrected chi connectivity index (χ0v) is 10.6. The molecule has 0 bridgehead atoms. The summed E-state index contributed by atoms with van der Waals surface area (Å²) in [5.74, 6) is 0.332. The molecule has 1 aliphatic heterocycles. The first-order valence-corrected chi connectivity index (χ1v) is 7.02. The van der Waals surface area contributed by atoms with Crippen molar-refractivity contribution in [2.75, 3.05) is 13.1 Å². The van der Waals surface area contributed by atoms with Crippen LogP contribution in [0.1, 0.15) is 42.3 Å². The Bertz CT molecular complexity index is 328. The number of carbonyl (C=O) groups is 1. The van der Waals surface area contributed by atoms with Gasteiger partial charge in [-0.1, -0.05) is 19.4 Å². The second-order valence-electron chi connectivity index (χ2n) is 4.39. The van der Waals surface area contributed by atoms with Gasteiger partial charge < -0.3 is 0 Å². The monoisotopic (exact) mass is 237 g/mol. The zero-order chi connectivity index (χ0) is 11.4. The van der Waals surface area contributed by atoms with Crippen LogP contribution in [0.25, 0.3) is 0 Å². The number of carbonyl (C=O) groups excluding carboxylic acids is 1. The highest BCUT2D eigenvalue weighted by Gasteiger charge is 2.28. The van der Waals surface area contributed by atoms with Crippen LogP contribution in [-0.2, 0) is 0 Å². The minimum Gasteiger partial charge on any atom is -0.293 e. The first-order valence-electron chi connectivity index (χ1n) is 6.14. The summed E-state index contributed by atoms with van der Waals surface area (Å²) in [7, 11) is 0. The van der Waals surface area contributed by atoms with E-state index in [1.807, 2.05) is 17.5 Å². The molecule has 2 heterocycles. The quantitative estimate of drug-likeness (QED) is 0.733. The lowest BCUT2D eigenvalue weighted by molar-refractivity contribution is 0.0841. The fraction of sp³-hybridized carbons (Fsp3) is 0.615. The van der Waals surface area contributed by atoms with Crippen molar-refractivity contribution in [1.82, 2.24) is 4.90 Å². The van der Waals surface area contributed by atoms with E-state index in [4.69, 9.17) is 0 Å². The van der Waals surface area contributed by atoms with Gasteiger partial charge in [-0.2, -0.15) is 0 Å². The second kappa shape index (κ2) is 5.60. The smallest absolute Gasteiger partial charge is 0.189 e. The maximum absolute atomic E-state index is 12.4. The molecule has 1 atom stereocenters. The molecule has 88 valence electrons. The lowest BCUT2D eigenvalue weighted by Gasteiger charge is -2.25. The average Bonchev–Trinajstić information content (AvgIpc) is 2.96. The summed E-state index contributed by atoms with van der Waals surface area (Å²) in [4.78, 5) is 15.6. The molecule has 1 aromatic rings. The molecule has 0 unspecified atom stereocenters. The van der Waals surface area contributed by atoms with Gasteiger partial charge in [-0.25, -0.2) is 0 Å². The Balaban J connectivity index is 2.09. The van der Waals surface area contributed by atoms with Crippen molar-refractivity contribution < 1.29 is 4.79 Å². The third kappa shape index (κ3) is 2.53. The Kier molecular flexibility index (Phi) is 4.13. The third-order valence-corrected chi connectivity index (χ3v) is 4.09. The standard InChI is InChI=1S/C13H19NOS/c1-2-6-11(14-8-3-4-9-14)13(15)12-7-5-10-16-12/h5,7,10-11H,2-4,6,8-9H2,1H3/t11-/m1/s1. The van der Waals surface area contributed by atoms with E-state index in [9.17, 15) is 4.79 Å². The van der Waals surface area contributed by atoms with Crippen LogP contribution in [0.2, 0.25) is 0 Å². The van der Waals surface area contributed by atoms with E-state index in [0.717, 1.165) is 30.8 Å². The number of likely N-dealkylation sites (tertiary alicyclic amines) is 1. The maximum Gasteiger partial charge on any atom is 0.189 e. The lowest BCUT2D eigenvalue weighted by atomic mass is 10.0. The molecule has 1 aliphatic rings. The highest BCUT2D eigenvalue weighted by Crippen LogP contribution is 2.21. The third-order valence-electron chi connectivity index (χ3n) is 3.21. The normalized spacial score (nSPS) is 18.8. The molecule has 0 amide bonds. The van der Waals surface area contributed by atoms with Gasteiger partial charge in [-0.3, -0.25) is 9.69 Å². The van der Waals surface area contributed by atoms with E-state index < -0.39 is 0 Å². The summed E-state index contributed by atoms with van der Waals surface area (Å²) >= 11 is 1.57. The first-order chi connectivity index (χ1) is 7.83. The number of nitrogens with zero attached hydrogens (tertiary/aromatic N) is 1. The molecular weight excluding hydrogens is 218 g/mol. The minimum absolute atomic E-state index is 0.131. The summed E-state index contributed by atoms with van der Waals surface area (Å²) in [6.45, 7) is 4.36. The summed E-state index contributed by atoms with van der Waals surface area (Å²) in [6.07, 6.45) is 4.57. The molecule has 1 saturated heterocycles. The van der Waals surface area contributed by atoms with Crippen molar-refractivity contribution in [1.29, 1.82) is 0 Å². The van der Waals surface area contributed by atoms with Gasteiger partial charge in [-0.05, 0) is 43.8 Å². The van der Waals surface area contributed by atoms with Gasteiger partial charge in [0.05, 0.1) is 10.9 Å². The van der Waals surface area contributed by atoms with Crippen LogP contribution in [0.4, 0.5) is 0 Å². The van der Waals surface area contributed by atoms with Gasteiger partial charge in [0.2, 0.25) is 0 Å². The van der Waals surface area contributed by atoms with Crippen molar-refractivity contribution in [3.8, 4) is 0 Å². The van der Waals surface area contributed by atoms with E-state index in [2.05, 4.69) is 11.8 Å². The molecule has 2 rings (SSSR count). The Morgan fingerprint density at radius 1 is 1.50 bits per heavy atom. The van der Waals surface area contributed by atoms with Gasteiger partial charge in [0, 0.05) is 0 Å². The van der Waals surface area contributed by atoms with Crippen molar-refractivity contribution >= 4 is 17.1 Å².